The maximum absolute atomic E-state index is 11.2. The number of unbranched alkanes of at least 4 members (excludes halogenated alkanes) is 1. The zero-order chi connectivity index (χ0) is 13.2. The van der Waals surface area contributed by atoms with Crippen LogP contribution in [0.5, 0.6) is 5.75 Å². The average Bonchev–Trinajstić information content (AvgIpc) is 2.38. The standard InChI is InChI=1S/C14H20ClNO2/c1-2-3-10-18-13-6-4-12(5-7-13)11-16-14(17)8-9-15/h4-7H,2-3,8-11H2,1H3,(H,16,17). The van der Waals surface area contributed by atoms with E-state index in [0.29, 0.717) is 18.8 Å². The van der Waals surface area contributed by atoms with Crippen molar-refractivity contribution in [2.45, 2.75) is 32.7 Å². The minimum atomic E-state index is -0.0201. The molecule has 0 aliphatic heterocycles. The van der Waals surface area contributed by atoms with Gasteiger partial charge < -0.3 is 10.1 Å². The van der Waals surface area contributed by atoms with Crippen molar-refractivity contribution < 1.29 is 9.53 Å². The number of hydrogen-bond donors (Lipinski definition) is 1. The third kappa shape index (κ3) is 5.92. The fourth-order valence-electron chi connectivity index (χ4n) is 1.41. The molecule has 0 spiro atoms. The van der Waals surface area contributed by atoms with Crippen LogP contribution >= 0.6 is 11.6 Å². The van der Waals surface area contributed by atoms with Crippen molar-refractivity contribution in [3.8, 4) is 5.75 Å². The van der Waals surface area contributed by atoms with E-state index in [0.717, 1.165) is 30.8 Å². The second-order valence-electron chi connectivity index (χ2n) is 4.06. The Bertz CT molecular complexity index is 351. The minimum absolute atomic E-state index is 0.0201. The maximum atomic E-state index is 11.2. The Hall–Kier alpha value is -1.22. The first-order chi connectivity index (χ1) is 8.76. The monoisotopic (exact) mass is 269 g/mol. The summed E-state index contributed by atoms with van der Waals surface area (Å²) in [4.78, 5) is 11.2. The number of rotatable bonds is 8. The molecule has 1 amide bonds. The Kier molecular flexibility index (Phi) is 7.26. The van der Waals surface area contributed by atoms with Gasteiger partial charge in [0.15, 0.2) is 0 Å². The quantitative estimate of drug-likeness (QED) is 0.582. The van der Waals surface area contributed by atoms with E-state index in [1.807, 2.05) is 24.3 Å². The highest BCUT2D eigenvalue weighted by Crippen LogP contribution is 2.12. The third-order valence-electron chi connectivity index (χ3n) is 2.50. The van der Waals surface area contributed by atoms with Crippen LogP contribution in [0, 0.1) is 0 Å². The molecule has 1 aromatic rings. The first-order valence-corrected chi connectivity index (χ1v) is 6.84. The lowest BCUT2D eigenvalue weighted by Gasteiger charge is -2.07. The molecule has 1 N–H and O–H groups in total. The van der Waals surface area contributed by atoms with Gasteiger partial charge in [0, 0.05) is 18.8 Å². The van der Waals surface area contributed by atoms with E-state index in [-0.39, 0.29) is 5.91 Å². The van der Waals surface area contributed by atoms with Crippen molar-refractivity contribution in [2.75, 3.05) is 12.5 Å². The predicted molar refractivity (Wildman–Crippen MR) is 74.0 cm³/mol. The molecule has 0 aliphatic rings. The molecule has 0 saturated heterocycles. The SMILES string of the molecule is CCCCOc1ccc(CNC(=O)CCCl)cc1. The van der Waals surface area contributed by atoms with Crippen molar-refractivity contribution in [3.63, 3.8) is 0 Å². The van der Waals surface area contributed by atoms with E-state index >= 15 is 0 Å². The van der Waals surface area contributed by atoms with Crippen LogP contribution in [0.3, 0.4) is 0 Å². The van der Waals surface area contributed by atoms with Crippen LogP contribution in [-0.4, -0.2) is 18.4 Å². The molecule has 1 aromatic carbocycles. The zero-order valence-corrected chi connectivity index (χ0v) is 11.5. The molecular weight excluding hydrogens is 250 g/mol. The van der Waals surface area contributed by atoms with Gasteiger partial charge in [0.1, 0.15) is 5.75 Å². The molecule has 0 unspecified atom stereocenters. The molecule has 1 rings (SSSR count). The van der Waals surface area contributed by atoms with Crippen LogP contribution in [0.25, 0.3) is 0 Å². The highest BCUT2D eigenvalue weighted by atomic mass is 35.5. The summed E-state index contributed by atoms with van der Waals surface area (Å²) >= 11 is 5.48. The summed E-state index contributed by atoms with van der Waals surface area (Å²) in [7, 11) is 0. The van der Waals surface area contributed by atoms with Gasteiger partial charge in [-0.3, -0.25) is 4.79 Å². The Labute approximate surface area is 113 Å². The number of carbonyl (C=O) groups excluding carboxylic acids is 1. The minimum Gasteiger partial charge on any atom is -0.494 e. The normalized spacial score (nSPS) is 10.1. The van der Waals surface area contributed by atoms with Crippen LogP contribution in [0.2, 0.25) is 0 Å². The lowest BCUT2D eigenvalue weighted by molar-refractivity contribution is -0.120. The molecular formula is C14H20ClNO2. The number of halogens is 1. The number of amides is 1. The van der Waals surface area contributed by atoms with Gasteiger partial charge >= 0.3 is 0 Å². The molecule has 0 heterocycles. The summed E-state index contributed by atoms with van der Waals surface area (Å²) in [6.45, 7) is 3.42. The average molecular weight is 270 g/mol. The third-order valence-corrected chi connectivity index (χ3v) is 2.69. The number of ether oxygens (including phenoxy) is 1. The number of carbonyl (C=O) groups is 1. The van der Waals surface area contributed by atoms with Gasteiger partial charge in [-0.25, -0.2) is 0 Å². The molecule has 0 atom stereocenters. The zero-order valence-electron chi connectivity index (χ0n) is 10.7. The van der Waals surface area contributed by atoms with E-state index < -0.39 is 0 Å². The van der Waals surface area contributed by atoms with Crippen LogP contribution in [0.4, 0.5) is 0 Å². The largest absolute Gasteiger partial charge is 0.494 e. The molecule has 3 nitrogen and oxygen atoms in total. The fourth-order valence-corrected chi connectivity index (χ4v) is 1.58. The smallest absolute Gasteiger partial charge is 0.221 e. The first kappa shape index (κ1) is 14.8. The van der Waals surface area contributed by atoms with Crippen molar-refractivity contribution >= 4 is 17.5 Å². The van der Waals surface area contributed by atoms with Gasteiger partial charge in [0.25, 0.3) is 0 Å². The van der Waals surface area contributed by atoms with Crippen molar-refractivity contribution in [3.05, 3.63) is 29.8 Å². The highest BCUT2D eigenvalue weighted by Gasteiger charge is 2.00. The van der Waals surface area contributed by atoms with E-state index in [1.54, 1.807) is 0 Å². The van der Waals surface area contributed by atoms with Gasteiger partial charge in [-0.05, 0) is 24.1 Å². The predicted octanol–water partition coefficient (Wildman–Crippen LogP) is 3.11. The van der Waals surface area contributed by atoms with E-state index in [4.69, 9.17) is 16.3 Å². The Morgan fingerprint density at radius 2 is 2.06 bits per heavy atom. The number of benzene rings is 1. The van der Waals surface area contributed by atoms with Crippen LogP contribution < -0.4 is 10.1 Å². The lowest BCUT2D eigenvalue weighted by atomic mass is 10.2. The second kappa shape index (κ2) is 8.81. The van der Waals surface area contributed by atoms with Crippen LogP contribution in [0.15, 0.2) is 24.3 Å². The number of nitrogens with one attached hydrogen (secondary N) is 1. The van der Waals surface area contributed by atoms with Crippen molar-refractivity contribution in [2.24, 2.45) is 0 Å². The van der Waals surface area contributed by atoms with E-state index in [1.165, 1.54) is 0 Å². The summed E-state index contributed by atoms with van der Waals surface area (Å²) in [6, 6.07) is 7.78. The Balaban J connectivity index is 2.33. The van der Waals surface area contributed by atoms with Gasteiger partial charge in [0.2, 0.25) is 5.91 Å². The van der Waals surface area contributed by atoms with Crippen LogP contribution in [-0.2, 0) is 11.3 Å². The fraction of sp³-hybridized carbons (Fsp3) is 0.500. The summed E-state index contributed by atoms with van der Waals surface area (Å²) in [5.41, 5.74) is 1.06. The molecule has 0 bridgehead atoms. The lowest BCUT2D eigenvalue weighted by Crippen LogP contribution is -2.22. The van der Waals surface area contributed by atoms with Gasteiger partial charge in [-0.2, -0.15) is 0 Å². The summed E-state index contributed by atoms with van der Waals surface area (Å²) < 4.78 is 5.56. The number of alkyl halides is 1. The maximum Gasteiger partial charge on any atom is 0.221 e. The highest BCUT2D eigenvalue weighted by molar-refractivity contribution is 6.18. The van der Waals surface area contributed by atoms with Crippen molar-refractivity contribution in [1.29, 1.82) is 0 Å². The molecule has 18 heavy (non-hydrogen) atoms. The molecule has 0 fully saturated rings. The second-order valence-corrected chi connectivity index (χ2v) is 4.44. The summed E-state index contributed by atoms with van der Waals surface area (Å²) in [5.74, 6) is 1.21. The Morgan fingerprint density at radius 3 is 2.67 bits per heavy atom. The van der Waals surface area contributed by atoms with E-state index in [9.17, 15) is 4.79 Å². The summed E-state index contributed by atoms with van der Waals surface area (Å²) in [6.07, 6.45) is 2.56. The topological polar surface area (TPSA) is 38.3 Å². The molecule has 0 saturated carbocycles. The van der Waals surface area contributed by atoms with Gasteiger partial charge in [-0.1, -0.05) is 25.5 Å². The van der Waals surface area contributed by atoms with Gasteiger partial charge in [0.05, 0.1) is 6.61 Å². The van der Waals surface area contributed by atoms with Crippen molar-refractivity contribution in [1.82, 2.24) is 5.32 Å². The van der Waals surface area contributed by atoms with Crippen LogP contribution in [0.1, 0.15) is 31.7 Å². The number of hydrogen-bond acceptors (Lipinski definition) is 2. The van der Waals surface area contributed by atoms with Gasteiger partial charge in [-0.15, -0.1) is 11.6 Å². The Morgan fingerprint density at radius 1 is 1.33 bits per heavy atom. The summed E-state index contributed by atoms with van der Waals surface area (Å²) in [5, 5.41) is 2.81. The molecule has 100 valence electrons. The van der Waals surface area contributed by atoms with E-state index in [2.05, 4.69) is 12.2 Å². The molecule has 4 heteroatoms. The molecule has 0 aliphatic carbocycles. The first-order valence-electron chi connectivity index (χ1n) is 6.30. The molecule has 0 aromatic heterocycles. The molecule has 0 radical (unpaired) electrons.